The van der Waals surface area contributed by atoms with Crippen molar-refractivity contribution in [1.82, 2.24) is 4.98 Å². The van der Waals surface area contributed by atoms with E-state index in [0.29, 0.717) is 5.82 Å². The highest BCUT2D eigenvalue weighted by Gasteiger charge is 2.22. The van der Waals surface area contributed by atoms with E-state index in [2.05, 4.69) is 26.2 Å². The first kappa shape index (κ1) is 12.4. The summed E-state index contributed by atoms with van der Waals surface area (Å²) in [7, 11) is 0. The molecule has 1 aromatic heterocycles. The number of pyridine rings is 1. The summed E-state index contributed by atoms with van der Waals surface area (Å²) in [5.41, 5.74) is 0.117. The molecular weight excluding hydrogens is 260 g/mol. The number of hydrogen-bond donors (Lipinski definition) is 3. The Morgan fingerprint density at radius 2 is 2.00 bits per heavy atom. The normalized spacial score (nSPS) is 11.5. The fourth-order valence-corrected chi connectivity index (χ4v) is 1.27. The van der Waals surface area contributed by atoms with E-state index >= 15 is 0 Å². The summed E-state index contributed by atoms with van der Waals surface area (Å²) in [5.74, 6) is 0.640. The van der Waals surface area contributed by atoms with Gasteiger partial charge in [0.2, 0.25) is 0 Å². The van der Waals surface area contributed by atoms with Gasteiger partial charge in [0.05, 0.1) is 24.4 Å². The molecule has 5 heteroatoms. The van der Waals surface area contributed by atoms with Crippen molar-refractivity contribution < 1.29 is 10.2 Å². The van der Waals surface area contributed by atoms with Crippen molar-refractivity contribution in [2.24, 2.45) is 0 Å². The SMILES string of the molecule is Cc1nc(NC(C)(CO)CO)ccc1Br. The Bertz CT molecular complexity index is 340. The molecule has 1 rings (SSSR count). The molecule has 1 aromatic rings. The van der Waals surface area contributed by atoms with Crippen LogP contribution in [0.3, 0.4) is 0 Å². The van der Waals surface area contributed by atoms with Crippen molar-refractivity contribution in [1.29, 1.82) is 0 Å². The fraction of sp³-hybridized carbons (Fsp3) is 0.500. The van der Waals surface area contributed by atoms with Crippen molar-refractivity contribution in [3.63, 3.8) is 0 Å². The minimum Gasteiger partial charge on any atom is -0.394 e. The number of nitrogens with zero attached hydrogens (tertiary/aromatic N) is 1. The summed E-state index contributed by atoms with van der Waals surface area (Å²) in [6.07, 6.45) is 0. The molecule has 15 heavy (non-hydrogen) atoms. The number of rotatable bonds is 4. The Labute approximate surface area is 97.5 Å². The Morgan fingerprint density at radius 1 is 1.40 bits per heavy atom. The highest BCUT2D eigenvalue weighted by atomic mass is 79.9. The van der Waals surface area contributed by atoms with Gasteiger partial charge in [-0.2, -0.15) is 0 Å². The zero-order valence-electron chi connectivity index (χ0n) is 8.79. The lowest BCUT2D eigenvalue weighted by atomic mass is 10.1. The number of nitrogens with one attached hydrogen (secondary N) is 1. The molecule has 0 aromatic carbocycles. The first-order valence-electron chi connectivity index (χ1n) is 4.64. The monoisotopic (exact) mass is 274 g/mol. The van der Waals surface area contributed by atoms with Crippen LogP contribution in [0, 0.1) is 6.92 Å². The van der Waals surface area contributed by atoms with Crippen molar-refractivity contribution in [3.05, 3.63) is 22.3 Å². The van der Waals surface area contributed by atoms with Crippen LogP contribution in [-0.4, -0.2) is 33.9 Å². The molecule has 0 aliphatic heterocycles. The van der Waals surface area contributed by atoms with Gasteiger partial charge in [0.15, 0.2) is 0 Å². The van der Waals surface area contributed by atoms with Crippen LogP contribution in [0.1, 0.15) is 12.6 Å². The number of aromatic nitrogens is 1. The van der Waals surface area contributed by atoms with Crippen molar-refractivity contribution in [2.45, 2.75) is 19.4 Å². The third kappa shape index (κ3) is 3.15. The maximum atomic E-state index is 9.11. The molecular formula is C10H15BrN2O2. The van der Waals surface area contributed by atoms with Crippen molar-refractivity contribution in [3.8, 4) is 0 Å². The zero-order valence-corrected chi connectivity index (χ0v) is 10.4. The first-order valence-corrected chi connectivity index (χ1v) is 5.43. The second kappa shape index (κ2) is 4.92. The van der Waals surface area contributed by atoms with E-state index in [1.165, 1.54) is 0 Å². The summed E-state index contributed by atoms with van der Waals surface area (Å²) in [6, 6.07) is 3.67. The fourth-order valence-electron chi connectivity index (χ4n) is 1.05. The lowest BCUT2D eigenvalue weighted by Gasteiger charge is -2.26. The summed E-state index contributed by atoms with van der Waals surface area (Å²) in [4.78, 5) is 4.27. The van der Waals surface area contributed by atoms with Gasteiger partial charge in [0, 0.05) is 4.47 Å². The molecule has 1 heterocycles. The van der Waals surface area contributed by atoms with Gasteiger partial charge >= 0.3 is 0 Å². The van der Waals surface area contributed by atoms with Crippen LogP contribution in [0.2, 0.25) is 0 Å². The zero-order chi connectivity index (χ0) is 11.5. The minimum atomic E-state index is -0.743. The lowest BCUT2D eigenvalue weighted by molar-refractivity contribution is 0.147. The van der Waals surface area contributed by atoms with E-state index < -0.39 is 5.54 Å². The molecule has 4 nitrogen and oxygen atoms in total. The van der Waals surface area contributed by atoms with Gasteiger partial charge in [-0.15, -0.1) is 0 Å². The molecule has 0 saturated heterocycles. The van der Waals surface area contributed by atoms with Gasteiger partial charge in [0.25, 0.3) is 0 Å². The van der Waals surface area contributed by atoms with Crippen LogP contribution in [0.25, 0.3) is 0 Å². The van der Waals surface area contributed by atoms with Gasteiger partial charge in [0.1, 0.15) is 5.82 Å². The summed E-state index contributed by atoms with van der Waals surface area (Å²) < 4.78 is 0.933. The smallest absolute Gasteiger partial charge is 0.126 e. The molecule has 0 radical (unpaired) electrons. The highest BCUT2D eigenvalue weighted by Crippen LogP contribution is 2.18. The Kier molecular flexibility index (Phi) is 4.07. The summed E-state index contributed by atoms with van der Waals surface area (Å²) in [5, 5.41) is 21.2. The summed E-state index contributed by atoms with van der Waals surface area (Å²) >= 11 is 3.35. The van der Waals surface area contributed by atoms with Crippen LogP contribution in [0.5, 0.6) is 0 Å². The molecule has 0 spiro atoms. The molecule has 0 fully saturated rings. The maximum Gasteiger partial charge on any atom is 0.126 e. The summed E-state index contributed by atoms with van der Waals surface area (Å²) in [6.45, 7) is 3.30. The van der Waals surface area contributed by atoms with Crippen LogP contribution < -0.4 is 5.32 Å². The van der Waals surface area contributed by atoms with E-state index in [0.717, 1.165) is 10.2 Å². The minimum absolute atomic E-state index is 0.152. The highest BCUT2D eigenvalue weighted by molar-refractivity contribution is 9.10. The number of aliphatic hydroxyl groups is 2. The topological polar surface area (TPSA) is 65.4 Å². The van der Waals surface area contributed by atoms with Crippen molar-refractivity contribution in [2.75, 3.05) is 18.5 Å². The third-order valence-electron chi connectivity index (χ3n) is 2.15. The van der Waals surface area contributed by atoms with Gasteiger partial charge < -0.3 is 15.5 Å². The van der Waals surface area contributed by atoms with E-state index in [1.54, 1.807) is 13.0 Å². The Hall–Kier alpha value is -0.650. The molecule has 0 bridgehead atoms. The van der Waals surface area contributed by atoms with Crippen LogP contribution >= 0.6 is 15.9 Å². The van der Waals surface area contributed by atoms with E-state index in [4.69, 9.17) is 10.2 Å². The molecule has 0 amide bonds. The second-order valence-corrected chi connectivity index (χ2v) is 4.62. The van der Waals surface area contributed by atoms with Crippen LogP contribution in [-0.2, 0) is 0 Å². The predicted molar refractivity (Wildman–Crippen MR) is 62.9 cm³/mol. The van der Waals surface area contributed by atoms with E-state index in [1.807, 2.05) is 13.0 Å². The molecule has 3 N–H and O–H groups in total. The first-order chi connectivity index (χ1) is 7.00. The largest absolute Gasteiger partial charge is 0.394 e. The van der Waals surface area contributed by atoms with E-state index in [9.17, 15) is 0 Å². The number of anilines is 1. The van der Waals surface area contributed by atoms with Gasteiger partial charge in [-0.25, -0.2) is 4.98 Å². The number of aryl methyl sites for hydroxylation is 1. The molecule has 0 aliphatic carbocycles. The van der Waals surface area contributed by atoms with Crippen molar-refractivity contribution >= 4 is 21.7 Å². The molecule has 0 saturated carbocycles. The second-order valence-electron chi connectivity index (χ2n) is 3.77. The van der Waals surface area contributed by atoms with Crippen LogP contribution in [0.15, 0.2) is 16.6 Å². The average molecular weight is 275 g/mol. The lowest BCUT2D eigenvalue weighted by Crippen LogP contribution is -2.42. The standard InChI is InChI=1S/C10H15BrN2O2/c1-7-8(11)3-4-9(12-7)13-10(2,5-14)6-15/h3-4,14-15H,5-6H2,1-2H3,(H,12,13). The molecule has 0 atom stereocenters. The molecule has 0 unspecified atom stereocenters. The van der Waals surface area contributed by atoms with Gasteiger partial charge in [-0.05, 0) is 41.9 Å². The third-order valence-corrected chi connectivity index (χ3v) is 2.99. The molecule has 84 valence electrons. The quantitative estimate of drug-likeness (QED) is 0.775. The predicted octanol–water partition coefficient (Wildman–Crippen LogP) is 1.31. The Morgan fingerprint density at radius 3 is 2.47 bits per heavy atom. The number of hydrogen-bond acceptors (Lipinski definition) is 4. The van der Waals surface area contributed by atoms with Gasteiger partial charge in [-0.1, -0.05) is 0 Å². The number of aliphatic hydroxyl groups excluding tert-OH is 2. The maximum absolute atomic E-state index is 9.11. The number of halogens is 1. The van der Waals surface area contributed by atoms with E-state index in [-0.39, 0.29) is 13.2 Å². The van der Waals surface area contributed by atoms with Crippen LogP contribution in [0.4, 0.5) is 5.82 Å². The average Bonchev–Trinajstić information content (AvgIpc) is 2.23. The Balaban J connectivity index is 2.85. The van der Waals surface area contributed by atoms with Gasteiger partial charge in [-0.3, -0.25) is 0 Å². The molecule has 0 aliphatic rings.